The molecule has 0 spiro atoms. The van der Waals surface area contributed by atoms with E-state index in [-0.39, 0.29) is 6.10 Å². The van der Waals surface area contributed by atoms with Crippen LogP contribution in [-0.2, 0) is 4.74 Å². The summed E-state index contributed by atoms with van der Waals surface area (Å²) in [5.41, 5.74) is 2.73. The number of fused-ring (bicyclic) bond motifs is 3. The zero-order valence-electron chi connectivity index (χ0n) is 18.1. The predicted molar refractivity (Wildman–Crippen MR) is 125 cm³/mol. The maximum atomic E-state index is 6.27. The van der Waals surface area contributed by atoms with Crippen LogP contribution < -0.4 is 15.0 Å². The van der Waals surface area contributed by atoms with Gasteiger partial charge in [-0.1, -0.05) is 0 Å². The van der Waals surface area contributed by atoms with Crippen LogP contribution >= 0.6 is 15.9 Å². The lowest BCUT2D eigenvalue weighted by atomic mass is 10.1. The number of rotatable bonds is 6. The Kier molecular flexibility index (Phi) is 4.96. The third kappa shape index (κ3) is 3.50. The summed E-state index contributed by atoms with van der Waals surface area (Å²) < 4.78 is 14.1. The molecule has 0 radical (unpaired) electrons. The van der Waals surface area contributed by atoms with E-state index in [1.165, 1.54) is 12.7 Å². The zero-order valence-corrected chi connectivity index (χ0v) is 19.7. The molecule has 168 valence electrons. The van der Waals surface area contributed by atoms with Gasteiger partial charge in [-0.2, -0.15) is 5.10 Å². The molecule has 0 saturated carbocycles. The molecule has 10 heteroatoms. The van der Waals surface area contributed by atoms with Crippen LogP contribution in [-0.4, -0.2) is 75.0 Å². The second kappa shape index (κ2) is 7.86. The van der Waals surface area contributed by atoms with Gasteiger partial charge in [0.15, 0.2) is 11.5 Å². The average molecular weight is 500 g/mol. The molecule has 3 aromatic rings. The summed E-state index contributed by atoms with van der Waals surface area (Å²) in [5, 5.41) is 7.60. The minimum atomic E-state index is 0.0830. The van der Waals surface area contributed by atoms with Gasteiger partial charge in [0.05, 0.1) is 37.2 Å². The summed E-state index contributed by atoms with van der Waals surface area (Å²) in [4.78, 5) is 14.0. The molecule has 3 fully saturated rings. The number of anilines is 3. The summed E-state index contributed by atoms with van der Waals surface area (Å²) in [5.74, 6) is 1.53. The van der Waals surface area contributed by atoms with Crippen LogP contribution in [0.15, 0.2) is 35.3 Å². The second-order valence-electron chi connectivity index (χ2n) is 9.00. The minimum absolute atomic E-state index is 0.0830. The van der Waals surface area contributed by atoms with Crippen LogP contribution in [0.2, 0.25) is 0 Å². The normalized spacial score (nSPS) is 23.3. The fourth-order valence-corrected chi connectivity index (χ4v) is 5.42. The highest BCUT2D eigenvalue weighted by Gasteiger charge is 2.47. The first-order chi connectivity index (χ1) is 15.5. The molecule has 5 heterocycles. The maximum absolute atomic E-state index is 6.27. The molecule has 9 nitrogen and oxygen atoms in total. The van der Waals surface area contributed by atoms with Crippen molar-refractivity contribution in [1.29, 1.82) is 0 Å². The summed E-state index contributed by atoms with van der Waals surface area (Å²) in [7, 11) is 0. The molecule has 3 aliphatic rings. The Hall–Kier alpha value is -2.43. The van der Waals surface area contributed by atoms with Crippen molar-refractivity contribution in [3.05, 3.63) is 35.3 Å². The van der Waals surface area contributed by atoms with E-state index in [4.69, 9.17) is 9.47 Å². The molecule has 1 aromatic carbocycles. The molecular formula is C22H26BrN7O2. The van der Waals surface area contributed by atoms with Gasteiger partial charge in [-0.15, -0.1) is 0 Å². The van der Waals surface area contributed by atoms with Crippen LogP contribution in [0.25, 0.3) is 5.65 Å². The number of aromatic nitrogens is 4. The quantitative estimate of drug-likeness (QED) is 0.554. The van der Waals surface area contributed by atoms with E-state index in [1.807, 2.05) is 0 Å². The van der Waals surface area contributed by atoms with E-state index in [2.05, 4.69) is 78.2 Å². The smallest absolute Gasteiger partial charge is 0.198 e. The van der Waals surface area contributed by atoms with Crippen molar-refractivity contribution in [2.75, 3.05) is 36.5 Å². The molecule has 6 rings (SSSR count). The third-order valence-electron chi connectivity index (χ3n) is 6.50. The van der Waals surface area contributed by atoms with Crippen LogP contribution in [0.4, 0.5) is 17.2 Å². The van der Waals surface area contributed by atoms with Crippen molar-refractivity contribution < 1.29 is 9.47 Å². The Morgan fingerprint density at radius 1 is 1.19 bits per heavy atom. The zero-order chi connectivity index (χ0) is 21.8. The van der Waals surface area contributed by atoms with Crippen LogP contribution in [0, 0.1) is 0 Å². The SMILES string of the molecule is CC(C)Oc1cc(Nc2nc(Br)cn3ncnc23)ccc1N1CC2CC1CN2C1COC1. The lowest BCUT2D eigenvalue weighted by Gasteiger charge is -2.43. The largest absolute Gasteiger partial charge is 0.489 e. The highest BCUT2D eigenvalue weighted by molar-refractivity contribution is 9.10. The monoisotopic (exact) mass is 499 g/mol. The molecular weight excluding hydrogens is 474 g/mol. The summed E-state index contributed by atoms with van der Waals surface area (Å²) in [6, 6.07) is 8.05. The Labute approximate surface area is 194 Å². The number of halogens is 1. The van der Waals surface area contributed by atoms with E-state index in [1.54, 1.807) is 10.7 Å². The van der Waals surface area contributed by atoms with Gasteiger partial charge in [0.2, 0.25) is 0 Å². The van der Waals surface area contributed by atoms with Crippen molar-refractivity contribution in [2.24, 2.45) is 0 Å². The molecule has 0 amide bonds. The summed E-state index contributed by atoms with van der Waals surface area (Å²) >= 11 is 3.44. The molecule has 2 aromatic heterocycles. The van der Waals surface area contributed by atoms with Gasteiger partial charge in [-0.05, 0) is 48.3 Å². The van der Waals surface area contributed by atoms with Gasteiger partial charge in [0.25, 0.3) is 0 Å². The number of nitrogens with one attached hydrogen (secondary N) is 1. The van der Waals surface area contributed by atoms with Crippen molar-refractivity contribution in [2.45, 2.75) is 44.5 Å². The van der Waals surface area contributed by atoms with E-state index in [0.29, 0.717) is 34.2 Å². The molecule has 1 N–H and O–H groups in total. The van der Waals surface area contributed by atoms with E-state index >= 15 is 0 Å². The first-order valence-corrected chi connectivity index (χ1v) is 11.9. The topological polar surface area (TPSA) is 80.0 Å². The molecule has 2 atom stereocenters. The molecule has 3 saturated heterocycles. The van der Waals surface area contributed by atoms with Crippen molar-refractivity contribution >= 4 is 38.8 Å². The third-order valence-corrected chi connectivity index (χ3v) is 6.88. The van der Waals surface area contributed by atoms with Crippen LogP contribution in [0.3, 0.4) is 0 Å². The van der Waals surface area contributed by atoms with Crippen molar-refractivity contribution in [1.82, 2.24) is 24.5 Å². The number of ether oxygens (including phenoxy) is 2. The fourth-order valence-electron chi connectivity index (χ4n) is 5.05. The molecule has 32 heavy (non-hydrogen) atoms. The number of likely N-dealkylation sites (tertiary alicyclic amines) is 1. The Bertz CT molecular complexity index is 1150. The van der Waals surface area contributed by atoms with Crippen LogP contribution in [0.1, 0.15) is 20.3 Å². The molecule has 2 bridgehead atoms. The Morgan fingerprint density at radius 3 is 2.78 bits per heavy atom. The van der Waals surface area contributed by atoms with E-state index < -0.39 is 0 Å². The Morgan fingerprint density at radius 2 is 2.06 bits per heavy atom. The molecule has 2 unspecified atom stereocenters. The minimum Gasteiger partial charge on any atom is -0.489 e. The Balaban J connectivity index is 1.28. The van der Waals surface area contributed by atoms with Crippen molar-refractivity contribution in [3.8, 4) is 5.75 Å². The second-order valence-corrected chi connectivity index (χ2v) is 9.81. The number of hydrogen-bond donors (Lipinski definition) is 1. The number of nitrogens with zero attached hydrogens (tertiary/aromatic N) is 6. The average Bonchev–Trinajstić information content (AvgIpc) is 3.42. The van der Waals surface area contributed by atoms with E-state index in [9.17, 15) is 0 Å². The van der Waals surface area contributed by atoms with Gasteiger partial charge in [-0.3, -0.25) is 4.90 Å². The van der Waals surface area contributed by atoms with Gasteiger partial charge in [0.1, 0.15) is 16.7 Å². The van der Waals surface area contributed by atoms with Gasteiger partial charge in [-0.25, -0.2) is 14.5 Å². The molecule has 3 aliphatic heterocycles. The number of hydrogen-bond acceptors (Lipinski definition) is 8. The standard InChI is InChI=1S/C22H26BrN7O2/c1-13(2)32-19-5-14(26-21-22-24-12-25-30(22)9-20(23)27-21)3-4-18(19)29-8-15-6-16(29)7-28(15)17-10-31-11-17/h3-5,9,12-13,15-17H,6-8,10-11H2,1-2H3,(H,26,27). The first-order valence-electron chi connectivity index (χ1n) is 11.1. The number of piperazine rings is 1. The fraction of sp³-hybridized carbons (Fsp3) is 0.500. The van der Waals surface area contributed by atoms with Gasteiger partial charge in [0, 0.05) is 36.9 Å². The summed E-state index contributed by atoms with van der Waals surface area (Å²) in [6.07, 6.45) is 4.60. The molecule has 0 aliphatic carbocycles. The lowest BCUT2D eigenvalue weighted by molar-refractivity contribution is -0.0708. The highest BCUT2D eigenvalue weighted by Crippen LogP contribution is 2.42. The van der Waals surface area contributed by atoms with Gasteiger partial charge >= 0.3 is 0 Å². The first kappa shape index (κ1) is 20.2. The van der Waals surface area contributed by atoms with Crippen LogP contribution in [0.5, 0.6) is 5.75 Å². The highest BCUT2D eigenvalue weighted by atomic mass is 79.9. The van der Waals surface area contributed by atoms with Gasteiger partial charge < -0.3 is 19.7 Å². The maximum Gasteiger partial charge on any atom is 0.198 e. The predicted octanol–water partition coefficient (Wildman–Crippen LogP) is 3.08. The number of benzene rings is 1. The van der Waals surface area contributed by atoms with E-state index in [0.717, 1.165) is 43.4 Å². The lowest BCUT2D eigenvalue weighted by Crippen LogP contribution is -2.56. The summed E-state index contributed by atoms with van der Waals surface area (Å²) in [6.45, 7) is 8.03. The van der Waals surface area contributed by atoms with Crippen molar-refractivity contribution in [3.63, 3.8) is 0 Å².